The molecule has 0 aromatic heterocycles. The lowest BCUT2D eigenvalue weighted by Crippen LogP contribution is -2.29. The highest BCUT2D eigenvalue weighted by atomic mass is 19.1. The molecule has 0 aliphatic rings. The van der Waals surface area contributed by atoms with E-state index in [9.17, 15) is 14.0 Å². The first-order valence-corrected chi connectivity index (χ1v) is 5.24. The molecule has 1 amide bonds. The van der Waals surface area contributed by atoms with Gasteiger partial charge in [-0.1, -0.05) is 6.92 Å². The van der Waals surface area contributed by atoms with E-state index in [0.29, 0.717) is 5.56 Å². The average Bonchev–Trinajstić information content (AvgIpc) is 2.26. The van der Waals surface area contributed by atoms with Crippen LogP contribution in [0.25, 0.3) is 0 Å². The SMILES string of the molecule is CC(CNC(=O)c1ccc(F)cc1)CC(=O)O. The Morgan fingerprint density at radius 1 is 1.35 bits per heavy atom. The molecule has 1 aromatic carbocycles. The molecule has 1 rings (SSSR count). The van der Waals surface area contributed by atoms with Crippen LogP contribution in [0.5, 0.6) is 0 Å². The highest BCUT2D eigenvalue weighted by Crippen LogP contribution is 2.04. The van der Waals surface area contributed by atoms with Gasteiger partial charge in [-0.15, -0.1) is 0 Å². The van der Waals surface area contributed by atoms with Gasteiger partial charge < -0.3 is 10.4 Å². The van der Waals surface area contributed by atoms with E-state index in [-0.39, 0.29) is 24.8 Å². The zero-order valence-corrected chi connectivity index (χ0v) is 9.44. The van der Waals surface area contributed by atoms with Crippen LogP contribution in [0.1, 0.15) is 23.7 Å². The van der Waals surface area contributed by atoms with Gasteiger partial charge in [0.25, 0.3) is 5.91 Å². The summed E-state index contributed by atoms with van der Waals surface area (Å²) in [5.41, 5.74) is 0.355. The lowest BCUT2D eigenvalue weighted by Gasteiger charge is -2.10. The summed E-state index contributed by atoms with van der Waals surface area (Å²) in [5, 5.41) is 11.1. The van der Waals surface area contributed by atoms with Crippen LogP contribution in [0, 0.1) is 11.7 Å². The molecule has 17 heavy (non-hydrogen) atoms. The van der Waals surface area contributed by atoms with Crippen molar-refractivity contribution < 1.29 is 19.1 Å². The van der Waals surface area contributed by atoms with Crippen molar-refractivity contribution in [2.24, 2.45) is 5.92 Å². The summed E-state index contributed by atoms with van der Waals surface area (Å²) in [5.74, 6) is -1.77. The number of amides is 1. The van der Waals surface area contributed by atoms with Crippen molar-refractivity contribution in [3.63, 3.8) is 0 Å². The Bertz CT molecular complexity index is 403. The van der Waals surface area contributed by atoms with E-state index in [1.165, 1.54) is 24.3 Å². The first kappa shape index (κ1) is 13.2. The zero-order chi connectivity index (χ0) is 12.8. The summed E-state index contributed by atoms with van der Waals surface area (Å²) in [6.07, 6.45) is 0.00367. The maximum Gasteiger partial charge on any atom is 0.303 e. The first-order valence-electron chi connectivity index (χ1n) is 5.24. The molecule has 92 valence electrons. The molecular formula is C12H14FNO3. The fourth-order valence-electron chi connectivity index (χ4n) is 1.34. The number of carbonyl (C=O) groups excluding carboxylic acids is 1. The number of carboxylic acids is 1. The topological polar surface area (TPSA) is 66.4 Å². The quantitative estimate of drug-likeness (QED) is 0.821. The van der Waals surface area contributed by atoms with Crippen molar-refractivity contribution in [3.05, 3.63) is 35.6 Å². The molecule has 0 bridgehead atoms. The Balaban J connectivity index is 2.44. The van der Waals surface area contributed by atoms with Gasteiger partial charge in [0.15, 0.2) is 0 Å². The highest BCUT2D eigenvalue weighted by molar-refractivity contribution is 5.94. The molecule has 4 nitrogen and oxygen atoms in total. The summed E-state index contributed by atoms with van der Waals surface area (Å²) in [6.45, 7) is 2.02. The van der Waals surface area contributed by atoms with Gasteiger partial charge in [0.1, 0.15) is 5.82 Å². The zero-order valence-electron chi connectivity index (χ0n) is 9.44. The predicted octanol–water partition coefficient (Wildman–Crippen LogP) is 1.67. The minimum absolute atomic E-state index is 0.00367. The molecule has 0 saturated heterocycles. The van der Waals surface area contributed by atoms with Gasteiger partial charge in [0, 0.05) is 18.5 Å². The average molecular weight is 239 g/mol. The smallest absolute Gasteiger partial charge is 0.303 e. The predicted molar refractivity (Wildman–Crippen MR) is 60.2 cm³/mol. The van der Waals surface area contributed by atoms with Crippen molar-refractivity contribution in [1.29, 1.82) is 0 Å². The van der Waals surface area contributed by atoms with E-state index in [0.717, 1.165) is 0 Å². The van der Waals surface area contributed by atoms with Crippen molar-refractivity contribution in [2.45, 2.75) is 13.3 Å². The van der Waals surface area contributed by atoms with Crippen LogP contribution in [0.2, 0.25) is 0 Å². The lowest BCUT2D eigenvalue weighted by atomic mass is 10.1. The summed E-state index contributed by atoms with van der Waals surface area (Å²) in [4.78, 5) is 22.0. The van der Waals surface area contributed by atoms with E-state index in [2.05, 4.69) is 5.32 Å². The largest absolute Gasteiger partial charge is 0.481 e. The van der Waals surface area contributed by atoms with Gasteiger partial charge in [-0.05, 0) is 30.2 Å². The molecule has 0 fully saturated rings. The molecular weight excluding hydrogens is 225 g/mol. The summed E-state index contributed by atoms with van der Waals surface area (Å²) >= 11 is 0. The van der Waals surface area contributed by atoms with Crippen LogP contribution in [0.3, 0.4) is 0 Å². The van der Waals surface area contributed by atoms with E-state index in [4.69, 9.17) is 5.11 Å². The third-order valence-corrected chi connectivity index (χ3v) is 2.24. The van der Waals surface area contributed by atoms with Gasteiger partial charge in [-0.3, -0.25) is 9.59 Å². The van der Waals surface area contributed by atoms with E-state index in [1.54, 1.807) is 6.92 Å². The molecule has 0 aliphatic heterocycles. The van der Waals surface area contributed by atoms with Crippen LogP contribution < -0.4 is 5.32 Å². The van der Waals surface area contributed by atoms with Gasteiger partial charge in [0.2, 0.25) is 0 Å². The van der Waals surface area contributed by atoms with Crippen LogP contribution in [0.4, 0.5) is 4.39 Å². The second-order valence-electron chi connectivity index (χ2n) is 3.92. The van der Waals surface area contributed by atoms with Crippen LogP contribution in [-0.4, -0.2) is 23.5 Å². The number of aliphatic carboxylic acids is 1. The second kappa shape index (κ2) is 5.98. The summed E-state index contributed by atoms with van der Waals surface area (Å²) < 4.78 is 12.6. The number of rotatable bonds is 5. The van der Waals surface area contributed by atoms with Gasteiger partial charge in [-0.25, -0.2) is 4.39 Å². The fourth-order valence-corrected chi connectivity index (χ4v) is 1.34. The number of halogens is 1. The monoisotopic (exact) mass is 239 g/mol. The Hall–Kier alpha value is -1.91. The molecule has 0 saturated carbocycles. The van der Waals surface area contributed by atoms with Gasteiger partial charge in [0.05, 0.1) is 0 Å². The number of hydrogen-bond acceptors (Lipinski definition) is 2. The Labute approximate surface area is 98.5 Å². The van der Waals surface area contributed by atoms with Crippen LogP contribution in [0.15, 0.2) is 24.3 Å². The minimum atomic E-state index is -0.895. The van der Waals surface area contributed by atoms with Crippen molar-refractivity contribution in [2.75, 3.05) is 6.54 Å². The molecule has 0 heterocycles. The Morgan fingerprint density at radius 3 is 2.47 bits per heavy atom. The first-order chi connectivity index (χ1) is 7.99. The molecule has 1 atom stereocenters. The van der Waals surface area contributed by atoms with Crippen LogP contribution in [-0.2, 0) is 4.79 Å². The van der Waals surface area contributed by atoms with Gasteiger partial charge >= 0.3 is 5.97 Å². The van der Waals surface area contributed by atoms with E-state index < -0.39 is 11.8 Å². The molecule has 0 radical (unpaired) electrons. The van der Waals surface area contributed by atoms with Crippen molar-refractivity contribution >= 4 is 11.9 Å². The summed E-state index contributed by atoms with van der Waals surface area (Å²) in [7, 11) is 0. The maximum atomic E-state index is 12.6. The Kier molecular flexibility index (Phi) is 4.63. The van der Waals surface area contributed by atoms with Crippen molar-refractivity contribution in [1.82, 2.24) is 5.32 Å². The second-order valence-corrected chi connectivity index (χ2v) is 3.92. The molecule has 2 N–H and O–H groups in total. The normalized spacial score (nSPS) is 11.9. The maximum absolute atomic E-state index is 12.6. The van der Waals surface area contributed by atoms with E-state index in [1.807, 2.05) is 0 Å². The molecule has 1 aromatic rings. The summed E-state index contributed by atoms with van der Waals surface area (Å²) in [6, 6.07) is 5.17. The number of carboxylic acid groups (broad SMARTS) is 1. The Morgan fingerprint density at radius 2 is 1.94 bits per heavy atom. The van der Waals surface area contributed by atoms with E-state index >= 15 is 0 Å². The lowest BCUT2D eigenvalue weighted by molar-refractivity contribution is -0.137. The minimum Gasteiger partial charge on any atom is -0.481 e. The molecule has 0 aliphatic carbocycles. The number of carbonyl (C=O) groups is 2. The fraction of sp³-hybridized carbons (Fsp3) is 0.333. The highest BCUT2D eigenvalue weighted by Gasteiger charge is 2.10. The number of nitrogens with one attached hydrogen (secondary N) is 1. The number of hydrogen-bond donors (Lipinski definition) is 2. The van der Waals surface area contributed by atoms with Crippen molar-refractivity contribution in [3.8, 4) is 0 Å². The molecule has 0 spiro atoms. The standard InChI is InChI=1S/C12H14FNO3/c1-8(6-11(15)16)7-14-12(17)9-2-4-10(13)5-3-9/h2-5,8H,6-7H2,1H3,(H,14,17)(H,15,16). The third kappa shape index (κ3) is 4.63. The third-order valence-electron chi connectivity index (χ3n) is 2.24. The molecule has 5 heteroatoms. The van der Waals surface area contributed by atoms with Crippen LogP contribution >= 0.6 is 0 Å². The molecule has 1 unspecified atom stereocenters. The van der Waals surface area contributed by atoms with Gasteiger partial charge in [-0.2, -0.15) is 0 Å². The number of benzene rings is 1.